The molecule has 0 spiro atoms. The largest absolute Gasteiger partial charge is 0.324 e. The summed E-state index contributed by atoms with van der Waals surface area (Å²) in [6.45, 7) is 0. The Morgan fingerprint density at radius 3 is 2.58 bits per heavy atom. The van der Waals surface area contributed by atoms with E-state index in [0.717, 1.165) is 21.5 Å². The third-order valence-electron chi connectivity index (χ3n) is 3.80. The van der Waals surface area contributed by atoms with Crippen LogP contribution in [-0.2, 0) is 0 Å². The molecule has 2 aromatic carbocycles. The first-order valence-corrected chi connectivity index (χ1v) is 7.59. The second-order valence-electron chi connectivity index (χ2n) is 5.15. The summed E-state index contributed by atoms with van der Waals surface area (Å²) in [6, 6.07) is 16.6. The van der Waals surface area contributed by atoms with Crippen molar-refractivity contribution in [2.45, 2.75) is 18.4 Å². The number of rotatable bonds is 3. The Labute approximate surface area is 126 Å². The summed E-state index contributed by atoms with van der Waals surface area (Å²) in [6.07, 6.45) is 1.16. The molecule has 0 amide bonds. The summed E-state index contributed by atoms with van der Waals surface area (Å²) in [7, 11) is 0. The Morgan fingerprint density at radius 2 is 1.89 bits per heavy atom. The average molecular weight is 337 g/mol. The van der Waals surface area contributed by atoms with E-state index in [0.29, 0.717) is 11.8 Å². The molecule has 3 unspecified atom stereocenters. The molecule has 98 valence electrons. The van der Waals surface area contributed by atoms with Gasteiger partial charge in [0.1, 0.15) is 0 Å². The van der Waals surface area contributed by atoms with Crippen LogP contribution in [0.1, 0.15) is 29.5 Å². The number of hydrogen-bond donors (Lipinski definition) is 1. The van der Waals surface area contributed by atoms with Crippen molar-refractivity contribution in [1.29, 1.82) is 0 Å². The van der Waals surface area contributed by atoms with Crippen molar-refractivity contribution in [2.75, 3.05) is 0 Å². The predicted octanol–water partition coefficient (Wildman–Crippen LogP) is 4.91. The lowest BCUT2D eigenvalue weighted by Crippen LogP contribution is -2.13. The summed E-state index contributed by atoms with van der Waals surface area (Å²) in [5.41, 5.74) is 8.89. The van der Waals surface area contributed by atoms with Gasteiger partial charge in [0.05, 0.1) is 0 Å². The minimum absolute atomic E-state index is 0.0557. The van der Waals surface area contributed by atoms with Gasteiger partial charge < -0.3 is 5.73 Å². The molecule has 0 heterocycles. The third kappa shape index (κ3) is 2.86. The average Bonchev–Trinajstić information content (AvgIpc) is 3.18. The zero-order valence-electron chi connectivity index (χ0n) is 10.4. The molecule has 0 bridgehead atoms. The van der Waals surface area contributed by atoms with Crippen molar-refractivity contribution >= 4 is 27.5 Å². The molecule has 1 fully saturated rings. The van der Waals surface area contributed by atoms with Crippen LogP contribution >= 0.6 is 27.5 Å². The highest BCUT2D eigenvalue weighted by Crippen LogP contribution is 2.53. The summed E-state index contributed by atoms with van der Waals surface area (Å²) >= 11 is 9.56. The molecular formula is C16H15BrClN. The van der Waals surface area contributed by atoms with Gasteiger partial charge in [0.15, 0.2) is 0 Å². The highest BCUT2D eigenvalue weighted by atomic mass is 79.9. The van der Waals surface area contributed by atoms with Crippen molar-refractivity contribution in [2.24, 2.45) is 11.7 Å². The fourth-order valence-corrected chi connectivity index (χ4v) is 3.60. The standard InChI is InChI=1S/C16H15BrClN/c17-12-6-11(7-13(18)8-12)16(19)15-9-14(15)10-4-2-1-3-5-10/h1-8,14-16H,9,19H2. The molecule has 1 aliphatic rings. The van der Waals surface area contributed by atoms with Crippen LogP contribution in [0.3, 0.4) is 0 Å². The molecule has 0 saturated heterocycles. The highest BCUT2D eigenvalue weighted by Gasteiger charge is 2.42. The third-order valence-corrected chi connectivity index (χ3v) is 4.47. The van der Waals surface area contributed by atoms with Gasteiger partial charge in [-0.2, -0.15) is 0 Å². The van der Waals surface area contributed by atoms with Gasteiger partial charge >= 0.3 is 0 Å². The van der Waals surface area contributed by atoms with Gasteiger partial charge in [0.25, 0.3) is 0 Å². The quantitative estimate of drug-likeness (QED) is 0.847. The van der Waals surface area contributed by atoms with Gasteiger partial charge in [-0.15, -0.1) is 0 Å². The van der Waals surface area contributed by atoms with E-state index in [9.17, 15) is 0 Å². The Morgan fingerprint density at radius 1 is 1.16 bits per heavy atom. The lowest BCUT2D eigenvalue weighted by Gasteiger charge is -2.13. The zero-order valence-corrected chi connectivity index (χ0v) is 12.7. The monoisotopic (exact) mass is 335 g/mol. The summed E-state index contributed by atoms with van der Waals surface area (Å²) in [4.78, 5) is 0. The smallest absolute Gasteiger partial charge is 0.0420 e. The molecule has 19 heavy (non-hydrogen) atoms. The van der Waals surface area contributed by atoms with Crippen LogP contribution in [0, 0.1) is 5.92 Å². The Balaban J connectivity index is 1.78. The molecule has 0 radical (unpaired) electrons. The maximum atomic E-state index is 6.39. The molecule has 0 aliphatic heterocycles. The number of benzene rings is 2. The van der Waals surface area contributed by atoms with Gasteiger partial charge in [0, 0.05) is 15.5 Å². The fraction of sp³-hybridized carbons (Fsp3) is 0.250. The zero-order chi connectivity index (χ0) is 13.4. The highest BCUT2D eigenvalue weighted by molar-refractivity contribution is 9.10. The summed E-state index contributed by atoms with van der Waals surface area (Å²) in [5.74, 6) is 1.11. The topological polar surface area (TPSA) is 26.0 Å². The number of hydrogen-bond acceptors (Lipinski definition) is 1. The first kappa shape index (κ1) is 13.2. The maximum Gasteiger partial charge on any atom is 0.0420 e. The van der Waals surface area contributed by atoms with E-state index in [1.165, 1.54) is 5.56 Å². The second-order valence-corrected chi connectivity index (χ2v) is 6.50. The van der Waals surface area contributed by atoms with Crippen LogP contribution in [-0.4, -0.2) is 0 Å². The Kier molecular flexibility index (Phi) is 3.66. The van der Waals surface area contributed by atoms with E-state index in [1.807, 2.05) is 12.1 Å². The number of nitrogens with two attached hydrogens (primary N) is 1. The van der Waals surface area contributed by atoms with Gasteiger partial charge in [-0.1, -0.05) is 57.9 Å². The fourth-order valence-electron chi connectivity index (χ4n) is 2.71. The van der Waals surface area contributed by atoms with Gasteiger partial charge in [-0.25, -0.2) is 0 Å². The van der Waals surface area contributed by atoms with Crippen molar-refractivity contribution in [3.05, 3.63) is 69.2 Å². The Hall–Kier alpha value is -0.830. The molecule has 2 aromatic rings. The van der Waals surface area contributed by atoms with Crippen LogP contribution < -0.4 is 5.73 Å². The van der Waals surface area contributed by atoms with Crippen molar-refractivity contribution in [3.63, 3.8) is 0 Å². The van der Waals surface area contributed by atoms with Gasteiger partial charge in [0.2, 0.25) is 0 Å². The normalized spacial score (nSPS) is 23.1. The lowest BCUT2D eigenvalue weighted by molar-refractivity contribution is 0.615. The second kappa shape index (κ2) is 5.28. The molecule has 0 aromatic heterocycles. The van der Waals surface area contributed by atoms with E-state index >= 15 is 0 Å². The van der Waals surface area contributed by atoms with Gasteiger partial charge in [-0.3, -0.25) is 0 Å². The van der Waals surface area contributed by atoms with E-state index in [4.69, 9.17) is 17.3 Å². The number of halogens is 2. The van der Waals surface area contributed by atoms with Crippen LogP contribution in [0.4, 0.5) is 0 Å². The molecule has 1 nitrogen and oxygen atoms in total. The van der Waals surface area contributed by atoms with Crippen LogP contribution in [0.15, 0.2) is 53.0 Å². The predicted molar refractivity (Wildman–Crippen MR) is 83.4 cm³/mol. The summed E-state index contributed by atoms with van der Waals surface area (Å²) < 4.78 is 0.988. The molecular weight excluding hydrogens is 322 g/mol. The molecule has 3 atom stereocenters. The first-order chi connectivity index (χ1) is 9.15. The molecule has 1 aliphatic carbocycles. The van der Waals surface area contributed by atoms with E-state index in [-0.39, 0.29) is 6.04 Å². The van der Waals surface area contributed by atoms with Crippen LogP contribution in [0.2, 0.25) is 5.02 Å². The van der Waals surface area contributed by atoms with Crippen molar-refractivity contribution in [1.82, 2.24) is 0 Å². The minimum Gasteiger partial charge on any atom is -0.324 e. The first-order valence-electron chi connectivity index (χ1n) is 6.41. The molecule has 3 rings (SSSR count). The summed E-state index contributed by atoms with van der Waals surface area (Å²) in [5, 5.41) is 0.733. The van der Waals surface area contributed by atoms with Gasteiger partial charge in [-0.05, 0) is 47.6 Å². The lowest BCUT2D eigenvalue weighted by atomic mass is 10.00. The van der Waals surface area contributed by atoms with E-state index in [2.05, 4.69) is 52.3 Å². The van der Waals surface area contributed by atoms with Crippen LogP contribution in [0.25, 0.3) is 0 Å². The van der Waals surface area contributed by atoms with Crippen LogP contribution in [0.5, 0.6) is 0 Å². The van der Waals surface area contributed by atoms with Crippen molar-refractivity contribution < 1.29 is 0 Å². The Bertz CT molecular complexity index is 564. The minimum atomic E-state index is 0.0557. The maximum absolute atomic E-state index is 6.39. The molecule has 2 N–H and O–H groups in total. The van der Waals surface area contributed by atoms with E-state index in [1.54, 1.807) is 0 Å². The van der Waals surface area contributed by atoms with E-state index < -0.39 is 0 Å². The molecule has 1 saturated carbocycles. The van der Waals surface area contributed by atoms with Crippen molar-refractivity contribution in [3.8, 4) is 0 Å². The molecule has 3 heteroatoms. The SMILES string of the molecule is NC(c1cc(Cl)cc(Br)c1)C1CC1c1ccccc1.